The van der Waals surface area contributed by atoms with Crippen molar-refractivity contribution in [2.24, 2.45) is 0 Å². The lowest BCUT2D eigenvalue weighted by molar-refractivity contribution is -0.116. The third-order valence-corrected chi connectivity index (χ3v) is 4.22. The number of hydrogen-bond acceptors (Lipinski definition) is 3. The molecule has 1 unspecified atom stereocenters. The number of anilines is 2. The molecule has 2 N–H and O–H groups in total. The van der Waals surface area contributed by atoms with Crippen molar-refractivity contribution in [1.82, 2.24) is 5.32 Å². The van der Waals surface area contributed by atoms with E-state index >= 15 is 0 Å². The summed E-state index contributed by atoms with van der Waals surface area (Å²) in [5, 5.41) is 6.47. The van der Waals surface area contributed by atoms with Crippen LogP contribution in [0.15, 0.2) is 24.3 Å². The van der Waals surface area contributed by atoms with Crippen molar-refractivity contribution in [2.75, 3.05) is 29.9 Å². The maximum absolute atomic E-state index is 12.2. The molecule has 6 heteroatoms. The number of nitrogens with zero attached hydrogens (tertiary/aromatic N) is 1. The van der Waals surface area contributed by atoms with E-state index in [4.69, 9.17) is 0 Å². The van der Waals surface area contributed by atoms with Crippen molar-refractivity contribution < 1.29 is 4.79 Å². The standard InChI is InChI=1S/C16H23N3O.2ClH/c20-16(12-13-6-5-9-17-13)18-14-7-1-2-8-15(14)19-10-3-4-11-19;;/h1-2,7-8,13,17H,3-6,9-12H2,(H,18,20);2*1H. The topological polar surface area (TPSA) is 44.4 Å². The van der Waals surface area contributed by atoms with E-state index in [1.165, 1.54) is 19.3 Å². The average Bonchev–Trinajstić information content (AvgIpc) is 3.11. The van der Waals surface area contributed by atoms with E-state index in [1.807, 2.05) is 18.2 Å². The van der Waals surface area contributed by atoms with Gasteiger partial charge >= 0.3 is 0 Å². The van der Waals surface area contributed by atoms with Gasteiger partial charge in [-0.1, -0.05) is 12.1 Å². The maximum atomic E-state index is 12.2. The fraction of sp³-hybridized carbons (Fsp3) is 0.562. The second kappa shape index (κ2) is 9.23. The van der Waals surface area contributed by atoms with Crippen LogP contribution in [0.1, 0.15) is 32.1 Å². The Kier molecular flexibility index (Phi) is 8.01. The summed E-state index contributed by atoms with van der Waals surface area (Å²) in [6, 6.07) is 8.50. The van der Waals surface area contributed by atoms with Crippen LogP contribution in [0.2, 0.25) is 0 Å². The first-order chi connectivity index (χ1) is 9.83. The molecule has 22 heavy (non-hydrogen) atoms. The van der Waals surface area contributed by atoms with E-state index in [0.29, 0.717) is 12.5 Å². The highest BCUT2D eigenvalue weighted by molar-refractivity contribution is 5.94. The number of hydrogen-bond donors (Lipinski definition) is 2. The van der Waals surface area contributed by atoms with Gasteiger partial charge in [-0.3, -0.25) is 4.79 Å². The highest BCUT2D eigenvalue weighted by atomic mass is 35.5. The van der Waals surface area contributed by atoms with Crippen LogP contribution in [0.5, 0.6) is 0 Å². The fourth-order valence-corrected chi connectivity index (χ4v) is 3.17. The number of halogens is 2. The zero-order valence-electron chi connectivity index (χ0n) is 12.7. The van der Waals surface area contributed by atoms with Gasteiger partial charge in [-0.15, -0.1) is 24.8 Å². The van der Waals surface area contributed by atoms with Crippen LogP contribution in [0, 0.1) is 0 Å². The number of para-hydroxylation sites is 2. The molecule has 2 fully saturated rings. The lowest BCUT2D eigenvalue weighted by Crippen LogP contribution is -2.28. The minimum atomic E-state index is 0. The van der Waals surface area contributed by atoms with E-state index in [0.717, 1.165) is 37.4 Å². The average molecular weight is 346 g/mol. The number of carbonyl (C=O) groups is 1. The van der Waals surface area contributed by atoms with Gasteiger partial charge in [0, 0.05) is 25.6 Å². The molecule has 0 radical (unpaired) electrons. The van der Waals surface area contributed by atoms with Crippen molar-refractivity contribution in [3.8, 4) is 0 Å². The minimum absolute atomic E-state index is 0. The van der Waals surface area contributed by atoms with Crippen LogP contribution in [-0.2, 0) is 4.79 Å². The van der Waals surface area contributed by atoms with E-state index in [1.54, 1.807) is 0 Å². The van der Waals surface area contributed by atoms with Crippen LogP contribution in [0.4, 0.5) is 11.4 Å². The molecule has 2 heterocycles. The smallest absolute Gasteiger partial charge is 0.225 e. The molecule has 0 aromatic heterocycles. The molecule has 1 aromatic rings. The van der Waals surface area contributed by atoms with Gasteiger partial charge in [0.2, 0.25) is 5.91 Å². The number of amides is 1. The summed E-state index contributed by atoms with van der Waals surface area (Å²) >= 11 is 0. The van der Waals surface area contributed by atoms with Gasteiger partial charge in [-0.2, -0.15) is 0 Å². The second-order valence-corrected chi connectivity index (χ2v) is 5.76. The van der Waals surface area contributed by atoms with Crippen LogP contribution < -0.4 is 15.5 Å². The molecule has 0 spiro atoms. The predicted octanol–water partition coefficient (Wildman–Crippen LogP) is 3.21. The lowest BCUT2D eigenvalue weighted by atomic mass is 10.1. The molecule has 1 aromatic carbocycles. The molecule has 124 valence electrons. The number of carbonyl (C=O) groups excluding carboxylic acids is 1. The Labute approximate surface area is 144 Å². The third kappa shape index (κ3) is 4.77. The summed E-state index contributed by atoms with van der Waals surface area (Å²) in [4.78, 5) is 14.5. The normalized spacial score (nSPS) is 20.2. The van der Waals surface area contributed by atoms with Crippen LogP contribution >= 0.6 is 24.8 Å². The summed E-state index contributed by atoms with van der Waals surface area (Å²) in [6.07, 6.45) is 5.36. The van der Waals surface area contributed by atoms with Crippen molar-refractivity contribution >= 4 is 42.1 Å². The molecule has 1 atom stereocenters. The third-order valence-electron chi connectivity index (χ3n) is 4.22. The molecular formula is C16H25Cl2N3O. The summed E-state index contributed by atoms with van der Waals surface area (Å²) in [6.45, 7) is 3.23. The summed E-state index contributed by atoms with van der Waals surface area (Å²) in [5.41, 5.74) is 2.12. The zero-order valence-corrected chi connectivity index (χ0v) is 14.3. The molecule has 0 bridgehead atoms. The SMILES string of the molecule is Cl.Cl.O=C(CC1CCCN1)Nc1ccccc1N1CCCC1. The van der Waals surface area contributed by atoms with E-state index in [-0.39, 0.29) is 30.7 Å². The minimum Gasteiger partial charge on any atom is -0.370 e. The molecule has 1 amide bonds. The largest absolute Gasteiger partial charge is 0.370 e. The van der Waals surface area contributed by atoms with Gasteiger partial charge in [0.05, 0.1) is 11.4 Å². The Hall–Kier alpha value is -0.970. The molecule has 2 saturated heterocycles. The summed E-state index contributed by atoms with van der Waals surface area (Å²) in [5.74, 6) is 0.121. The molecule has 2 aliphatic rings. The second-order valence-electron chi connectivity index (χ2n) is 5.76. The highest BCUT2D eigenvalue weighted by Gasteiger charge is 2.20. The first-order valence-corrected chi connectivity index (χ1v) is 7.70. The lowest BCUT2D eigenvalue weighted by Gasteiger charge is -2.21. The fourth-order valence-electron chi connectivity index (χ4n) is 3.17. The molecule has 0 aliphatic carbocycles. The molecule has 4 nitrogen and oxygen atoms in total. The van der Waals surface area contributed by atoms with Gasteiger partial charge in [-0.25, -0.2) is 0 Å². The Morgan fingerprint density at radius 1 is 1.18 bits per heavy atom. The molecule has 2 aliphatic heterocycles. The Bertz CT molecular complexity index is 472. The van der Waals surface area contributed by atoms with Gasteiger partial charge in [0.15, 0.2) is 0 Å². The summed E-state index contributed by atoms with van der Waals surface area (Å²) in [7, 11) is 0. The Morgan fingerprint density at radius 3 is 2.59 bits per heavy atom. The van der Waals surface area contributed by atoms with E-state index in [9.17, 15) is 4.79 Å². The number of rotatable bonds is 4. The van der Waals surface area contributed by atoms with Gasteiger partial charge in [0.25, 0.3) is 0 Å². The number of nitrogens with one attached hydrogen (secondary N) is 2. The first-order valence-electron chi connectivity index (χ1n) is 7.70. The zero-order chi connectivity index (χ0) is 13.8. The van der Waals surface area contributed by atoms with Gasteiger partial charge in [-0.05, 0) is 44.4 Å². The van der Waals surface area contributed by atoms with Gasteiger partial charge < -0.3 is 15.5 Å². The quantitative estimate of drug-likeness (QED) is 0.880. The van der Waals surface area contributed by atoms with Crippen molar-refractivity contribution in [1.29, 1.82) is 0 Å². The maximum Gasteiger partial charge on any atom is 0.225 e. The molecule has 3 rings (SSSR count). The van der Waals surface area contributed by atoms with Gasteiger partial charge in [0.1, 0.15) is 0 Å². The monoisotopic (exact) mass is 345 g/mol. The predicted molar refractivity (Wildman–Crippen MR) is 96.7 cm³/mol. The van der Waals surface area contributed by atoms with E-state index in [2.05, 4.69) is 21.6 Å². The van der Waals surface area contributed by atoms with Crippen molar-refractivity contribution in [3.05, 3.63) is 24.3 Å². The first kappa shape index (κ1) is 19.1. The van der Waals surface area contributed by atoms with Crippen molar-refractivity contribution in [2.45, 2.75) is 38.1 Å². The molecular weight excluding hydrogens is 321 g/mol. The van der Waals surface area contributed by atoms with Crippen LogP contribution in [0.25, 0.3) is 0 Å². The molecule has 0 saturated carbocycles. The Morgan fingerprint density at radius 2 is 1.91 bits per heavy atom. The van der Waals surface area contributed by atoms with Crippen LogP contribution in [-0.4, -0.2) is 31.6 Å². The number of benzene rings is 1. The van der Waals surface area contributed by atoms with E-state index < -0.39 is 0 Å². The Balaban J connectivity index is 0.00000121. The van der Waals surface area contributed by atoms with Crippen molar-refractivity contribution in [3.63, 3.8) is 0 Å². The summed E-state index contributed by atoms with van der Waals surface area (Å²) < 4.78 is 0. The van der Waals surface area contributed by atoms with Crippen LogP contribution in [0.3, 0.4) is 0 Å². The highest BCUT2D eigenvalue weighted by Crippen LogP contribution is 2.28.